The Morgan fingerprint density at radius 2 is 1.78 bits per heavy atom. The largest absolute Gasteiger partial charge is 0.396 e. The molecule has 2 atom stereocenters. The number of rotatable bonds is 1. The van der Waals surface area contributed by atoms with Gasteiger partial charge in [0.25, 0.3) is 0 Å². The lowest BCUT2D eigenvalue weighted by atomic mass is 9.98. The summed E-state index contributed by atoms with van der Waals surface area (Å²) in [7, 11) is 0. The van der Waals surface area contributed by atoms with Crippen LogP contribution in [0, 0.1) is 17.8 Å². The van der Waals surface area contributed by atoms with Crippen molar-refractivity contribution in [2.24, 2.45) is 17.8 Å². The van der Waals surface area contributed by atoms with Crippen LogP contribution >= 0.6 is 0 Å². The third-order valence-electron chi connectivity index (χ3n) is 2.75. The van der Waals surface area contributed by atoms with E-state index in [2.05, 4.69) is 12.2 Å². The summed E-state index contributed by atoms with van der Waals surface area (Å²) in [5.74, 6) is 2.03. The van der Waals surface area contributed by atoms with Crippen LogP contribution in [0.5, 0.6) is 0 Å². The van der Waals surface area contributed by atoms with Crippen molar-refractivity contribution in [3.63, 3.8) is 0 Å². The molecule has 2 aliphatic carbocycles. The van der Waals surface area contributed by atoms with Gasteiger partial charge in [-0.2, -0.15) is 0 Å². The molecule has 2 bridgehead atoms. The van der Waals surface area contributed by atoms with Crippen molar-refractivity contribution < 1.29 is 5.11 Å². The molecule has 2 aliphatic rings. The van der Waals surface area contributed by atoms with Crippen LogP contribution < -0.4 is 0 Å². The summed E-state index contributed by atoms with van der Waals surface area (Å²) in [5, 5.41) is 8.91. The lowest BCUT2D eigenvalue weighted by Crippen LogP contribution is -2.11. The topological polar surface area (TPSA) is 20.2 Å². The van der Waals surface area contributed by atoms with Crippen molar-refractivity contribution in [1.82, 2.24) is 0 Å². The Balaban J connectivity index is 2.15. The first-order valence-corrected chi connectivity index (χ1v) is 3.71. The van der Waals surface area contributed by atoms with Crippen molar-refractivity contribution in [2.75, 3.05) is 6.61 Å². The Bertz CT molecular complexity index is 126. The summed E-state index contributed by atoms with van der Waals surface area (Å²) < 4.78 is 0. The van der Waals surface area contributed by atoms with Gasteiger partial charge < -0.3 is 5.11 Å². The molecule has 1 N–H and O–H groups in total. The van der Waals surface area contributed by atoms with Crippen molar-refractivity contribution in [3.8, 4) is 0 Å². The molecule has 2 unspecified atom stereocenters. The molecule has 1 heteroatoms. The molecule has 0 saturated heterocycles. The van der Waals surface area contributed by atoms with Gasteiger partial charge in [0.2, 0.25) is 0 Å². The average molecular weight is 124 g/mol. The third-order valence-corrected chi connectivity index (χ3v) is 2.75. The molecule has 0 heterocycles. The summed E-state index contributed by atoms with van der Waals surface area (Å²) in [6, 6.07) is 0. The molecule has 0 aliphatic heterocycles. The fraction of sp³-hybridized carbons (Fsp3) is 0.750. The minimum absolute atomic E-state index is 0.391. The summed E-state index contributed by atoms with van der Waals surface area (Å²) in [6.07, 6.45) is 7.17. The zero-order valence-electron chi connectivity index (χ0n) is 5.46. The van der Waals surface area contributed by atoms with Crippen LogP contribution in [0.3, 0.4) is 0 Å². The Morgan fingerprint density at radius 3 is 2.00 bits per heavy atom. The molecular formula is C8H12O. The minimum Gasteiger partial charge on any atom is -0.396 e. The molecule has 0 radical (unpaired) electrons. The van der Waals surface area contributed by atoms with E-state index in [0.717, 1.165) is 11.8 Å². The van der Waals surface area contributed by atoms with E-state index in [-0.39, 0.29) is 0 Å². The van der Waals surface area contributed by atoms with Crippen LogP contribution in [0.25, 0.3) is 0 Å². The smallest absolute Gasteiger partial charge is 0.0470 e. The van der Waals surface area contributed by atoms with E-state index in [1.165, 1.54) is 12.8 Å². The highest BCUT2D eigenvalue weighted by atomic mass is 16.3. The third kappa shape index (κ3) is 0.645. The number of fused-ring (bicyclic) bond motifs is 2. The van der Waals surface area contributed by atoms with Crippen LogP contribution in [-0.2, 0) is 0 Å². The predicted molar refractivity (Wildman–Crippen MR) is 35.9 cm³/mol. The number of allylic oxidation sites excluding steroid dienone is 2. The normalized spacial score (nSPS) is 46.6. The van der Waals surface area contributed by atoms with E-state index in [4.69, 9.17) is 5.11 Å². The Morgan fingerprint density at radius 1 is 1.22 bits per heavy atom. The SMILES string of the molecule is OCC1C2C=CC1CC2. The zero-order chi connectivity index (χ0) is 6.27. The van der Waals surface area contributed by atoms with Crippen molar-refractivity contribution >= 4 is 0 Å². The van der Waals surface area contributed by atoms with Gasteiger partial charge in [-0.05, 0) is 30.6 Å². The first-order chi connectivity index (χ1) is 4.42. The Labute approximate surface area is 55.4 Å². The molecule has 1 fully saturated rings. The number of aliphatic hydroxyl groups excluding tert-OH is 1. The lowest BCUT2D eigenvalue weighted by Gasteiger charge is -2.09. The van der Waals surface area contributed by atoms with Crippen LogP contribution in [0.15, 0.2) is 12.2 Å². The quantitative estimate of drug-likeness (QED) is 0.520. The van der Waals surface area contributed by atoms with Gasteiger partial charge in [0.15, 0.2) is 0 Å². The van der Waals surface area contributed by atoms with Crippen LogP contribution in [0.4, 0.5) is 0 Å². The molecule has 0 spiro atoms. The second kappa shape index (κ2) is 1.84. The highest BCUT2D eigenvalue weighted by molar-refractivity contribution is 5.11. The van der Waals surface area contributed by atoms with Gasteiger partial charge in [-0.15, -0.1) is 0 Å². The average Bonchev–Trinajstić information content (AvgIpc) is 2.44. The highest BCUT2D eigenvalue weighted by Crippen LogP contribution is 2.43. The molecule has 1 saturated carbocycles. The summed E-state index contributed by atoms with van der Waals surface area (Å²) in [4.78, 5) is 0. The molecule has 1 nitrogen and oxygen atoms in total. The maximum atomic E-state index is 8.91. The van der Waals surface area contributed by atoms with E-state index in [1.807, 2.05) is 0 Å². The predicted octanol–water partition coefficient (Wildman–Crippen LogP) is 1.19. The van der Waals surface area contributed by atoms with E-state index in [1.54, 1.807) is 0 Å². The minimum atomic E-state index is 0.391. The van der Waals surface area contributed by atoms with Gasteiger partial charge in [0, 0.05) is 6.61 Å². The zero-order valence-corrected chi connectivity index (χ0v) is 5.46. The van der Waals surface area contributed by atoms with Crippen molar-refractivity contribution in [2.45, 2.75) is 12.8 Å². The van der Waals surface area contributed by atoms with Crippen molar-refractivity contribution in [3.05, 3.63) is 12.2 Å². The molecule has 0 amide bonds. The lowest BCUT2D eigenvalue weighted by molar-refractivity contribution is 0.199. The summed E-state index contributed by atoms with van der Waals surface area (Å²) in [5.41, 5.74) is 0. The van der Waals surface area contributed by atoms with E-state index in [9.17, 15) is 0 Å². The molecule has 0 aromatic rings. The Kier molecular flexibility index (Phi) is 1.12. The van der Waals surface area contributed by atoms with Gasteiger partial charge in [0.05, 0.1) is 0 Å². The van der Waals surface area contributed by atoms with Crippen LogP contribution in [-0.4, -0.2) is 11.7 Å². The second-order valence-corrected chi connectivity index (χ2v) is 3.14. The monoisotopic (exact) mass is 124 g/mol. The number of hydrogen-bond donors (Lipinski definition) is 1. The first-order valence-electron chi connectivity index (χ1n) is 3.71. The Hall–Kier alpha value is -0.300. The maximum absolute atomic E-state index is 8.91. The number of aliphatic hydroxyl groups is 1. The molecule has 2 rings (SSSR count). The van der Waals surface area contributed by atoms with Gasteiger partial charge >= 0.3 is 0 Å². The highest BCUT2D eigenvalue weighted by Gasteiger charge is 2.36. The molecule has 0 aromatic carbocycles. The van der Waals surface area contributed by atoms with Gasteiger partial charge in [-0.3, -0.25) is 0 Å². The molecule has 0 aromatic heterocycles. The van der Waals surface area contributed by atoms with Crippen molar-refractivity contribution in [1.29, 1.82) is 0 Å². The first kappa shape index (κ1) is 5.48. The maximum Gasteiger partial charge on any atom is 0.0470 e. The summed E-state index contributed by atoms with van der Waals surface area (Å²) in [6.45, 7) is 0.391. The van der Waals surface area contributed by atoms with E-state index in [0.29, 0.717) is 12.5 Å². The van der Waals surface area contributed by atoms with Gasteiger partial charge in [-0.25, -0.2) is 0 Å². The summed E-state index contributed by atoms with van der Waals surface area (Å²) >= 11 is 0. The van der Waals surface area contributed by atoms with Gasteiger partial charge in [-0.1, -0.05) is 12.2 Å². The molecule has 9 heavy (non-hydrogen) atoms. The molecular weight excluding hydrogens is 112 g/mol. The van der Waals surface area contributed by atoms with E-state index >= 15 is 0 Å². The standard InChI is InChI=1S/C8H12O/c9-5-8-6-1-2-7(8)4-3-6/h1-2,6-9H,3-5H2. The number of hydrogen-bond acceptors (Lipinski definition) is 1. The molecule has 50 valence electrons. The van der Waals surface area contributed by atoms with Gasteiger partial charge in [0.1, 0.15) is 0 Å². The van der Waals surface area contributed by atoms with Crippen LogP contribution in [0.2, 0.25) is 0 Å². The fourth-order valence-corrected chi connectivity index (χ4v) is 2.16. The fourth-order valence-electron chi connectivity index (χ4n) is 2.16. The van der Waals surface area contributed by atoms with Crippen LogP contribution in [0.1, 0.15) is 12.8 Å². The second-order valence-electron chi connectivity index (χ2n) is 3.14. The van der Waals surface area contributed by atoms with E-state index < -0.39 is 0 Å².